The molecule has 0 unspecified atom stereocenters. The number of amides is 1. The molecule has 0 saturated carbocycles. The molecule has 0 radical (unpaired) electrons. The summed E-state index contributed by atoms with van der Waals surface area (Å²) in [6.45, 7) is 0. The summed E-state index contributed by atoms with van der Waals surface area (Å²) in [5, 5.41) is 2.79. The van der Waals surface area contributed by atoms with E-state index >= 15 is 0 Å². The fourth-order valence-electron chi connectivity index (χ4n) is 1.56. The van der Waals surface area contributed by atoms with Gasteiger partial charge in [-0.25, -0.2) is 0 Å². The van der Waals surface area contributed by atoms with Crippen LogP contribution in [-0.4, -0.2) is 16.8 Å². The molecular weight excluding hydrogens is 248 g/mol. The van der Waals surface area contributed by atoms with Crippen molar-refractivity contribution in [3.05, 3.63) is 59.9 Å². The van der Waals surface area contributed by atoms with E-state index in [0.29, 0.717) is 11.6 Å². The first-order valence-electron chi connectivity index (χ1n) is 5.67. The zero-order valence-corrected chi connectivity index (χ0v) is 10.5. The number of benzene rings is 1. The molecule has 0 aliphatic rings. The Balaban J connectivity index is 2.03. The minimum atomic E-state index is -0.208. The first kappa shape index (κ1) is 12.6. The number of carbonyl (C=O) groups is 1. The van der Waals surface area contributed by atoms with E-state index in [1.54, 1.807) is 24.4 Å². The molecule has 1 amide bonds. The number of halogens is 1. The van der Waals surface area contributed by atoms with Gasteiger partial charge < -0.3 is 5.32 Å². The number of aryl methyl sites for hydroxylation is 1. The molecule has 2 aromatic rings. The Morgan fingerprint density at radius 3 is 2.56 bits per heavy atom. The topological polar surface area (TPSA) is 42.0 Å². The fraction of sp³-hybridized carbons (Fsp3) is 0.143. The van der Waals surface area contributed by atoms with Gasteiger partial charge in [-0.1, -0.05) is 18.2 Å². The molecule has 18 heavy (non-hydrogen) atoms. The molecule has 0 aliphatic heterocycles. The number of rotatable bonds is 4. The molecule has 3 nitrogen and oxygen atoms in total. The molecule has 1 aromatic carbocycles. The van der Waals surface area contributed by atoms with E-state index in [9.17, 15) is 4.79 Å². The van der Waals surface area contributed by atoms with E-state index in [-0.39, 0.29) is 5.91 Å². The first-order chi connectivity index (χ1) is 8.79. The van der Waals surface area contributed by atoms with Crippen LogP contribution < -0.4 is 5.32 Å². The average molecular weight is 261 g/mol. The number of pyridine rings is 1. The monoisotopic (exact) mass is 260 g/mol. The Bertz CT molecular complexity index is 511. The fourth-order valence-corrected chi connectivity index (χ4v) is 1.77. The van der Waals surface area contributed by atoms with Crippen LogP contribution in [0.25, 0.3) is 0 Å². The quantitative estimate of drug-likeness (QED) is 0.859. The predicted molar refractivity (Wildman–Crippen MR) is 73.1 cm³/mol. The molecule has 2 rings (SSSR count). The van der Waals surface area contributed by atoms with Crippen LogP contribution in [-0.2, 0) is 6.42 Å². The van der Waals surface area contributed by atoms with Gasteiger partial charge in [-0.3, -0.25) is 9.78 Å². The highest BCUT2D eigenvalue weighted by atomic mass is 35.5. The minimum Gasteiger partial charge on any atom is -0.321 e. The Labute approximate surface area is 111 Å². The highest BCUT2D eigenvalue weighted by Gasteiger charge is 2.06. The van der Waals surface area contributed by atoms with Gasteiger partial charge in [0.1, 0.15) is 5.69 Å². The highest BCUT2D eigenvalue weighted by Crippen LogP contribution is 2.11. The maximum Gasteiger partial charge on any atom is 0.274 e. The summed E-state index contributed by atoms with van der Waals surface area (Å²) in [5.41, 5.74) is 2.31. The van der Waals surface area contributed by atoms with Gasteiger partial charge in [0.25, 0.3) is 5.91 Å². The lowest BCUT2D eigenvalue weighted by Gasteiger charge is -2.05. The third-order valence-corrected chi connectivity index (χ3v) is 2.68. The number of anilines is 1. The Morgan fingerprint density at radius 2 is 1.94 bits per heavy atom. The molecule has 92 valence electrons. The zero-order valence-electron chi connectivity index (χ0n) is 9.77. The van der Waals surface area contributed by atoms with Gasteiger partial charge in [-0.05, 0) is 36.2 Å². The normalized spacial score (nSPS) is 10.1. The second-order valence-electron chi connectivity index (χ2n) is 3.81. The summed E-state index contributed by atoms with van der Waals surface area (Å²) < 4.78 is 0. The van der Waals surface area contributed by atoms with Crippen molar-refractivity contribution in [2.75, 3.05) is 11.2 Å². The second kappa shape index (κ2) is 6.17. The molecule has 1 heterocycles. The van der Waals surface area contributed by atoms with Crippen LogP contribution in [0, 0.1) is 0 Å². The molecule has 1 aromatic heterocycles. The van der Waals surface area contributed by atoms with E-state index < -0.39 is 0 Å². The summed E-state index contributed by atoms with van der Waals surface area (Å²) in [7, 11) is 0. The molecule has 0 fully saturated rings. The van der Waals surface area contributed by atoms with Gasteiger partial charge in [0.05, 0.1) is 0 Å². The van der Waals surface area contributed by atoms with Gasteiger partial charge in [-0.15, -0.1) is 11.6 Å². The van der Waals surface area contributed by atoms with Gasteiger partial charge in [0, 0.05) is 17.8 Å². The number of alkyl halides is 1. The molecule has 0 atom stereocenters. The molecule has 0 saturated heterocycles. The van der Waals surface area contributed by atoms with Gasteiger partial charge in [0.2, 0.25) is 0 Å². The molecule has 1 N–H and O–H groups in total. The van der Waals surface area contributed by atoms with Crippen molar-refractivity contribution in [1.29, 1.82) is 0 Å². The highest BCUT2D eigenvalue weighted by molar-refractivity contribution is 6.18. The van der Waals surface area contributed by atoms with E-state index in [2.05, 4.69) is 10.3 Å². The lowest BCUT2D eigenvalue weighted by Crippen LogP contribution is -2.13. The molecule has 0 aliphatic carbocycles. The third-order valence-electron chi connectivity index (χ3n) is 2.49. The number of hydrogen-bond acceptors (Lipinski definition) is 2. The van der Waals surface area contributed by atoms with Crippen LogP contribution in [0.5, 0.6) is 0 Å². The Hall–Kier alpha value is -1.87. The van der Waals surface area contributed by atoms with Crippen LogP contribution in [0.1, 0.15) is 16.1 Å². The third kappa shape index (κ3) is 3.31. The van der Waals surface area contributed by atoms with Crippen molar-refractivity contribution >= 4 is 23.2 Å². The number of hydrogen-bond donors (Lipinski definition) is 1. The number of aromatic nitrogens is 1. The van der Waals surface area contributed by atoms with Crippen LogP contribution >= 0.6 is 11.6 Å². The van der Waals surface area contributed by atoms with Gasteiger partial charge in [-0.2, -0.15) is 0 Å². The van der Waals surface area contributed by atoms with E-state index in [0.717, 1.165) is 17.7 Å². The molecular formula is C14H13ClN2O. The summed E-state index contributed by atoms with van der Waals surface area (Å²) in [4.78, 5) is 15.8. The molecule has 0 spiro atoms. The van der Waals surface area contributed by atoms with Crippen LogP contribution in [0.2, 0.25) is 0 Å². The number of nitrogens with zero attached hydrogens (tertiary/aromatic N) is 1. The zero-order chi connectivity index (χ0) is 12.8. The SMILES string of the molecule is O=C(Nc1ccc(CCCl)cc1)c1ccccn1. The minimum absolute atomic E-state index is 0.208. The summed E-state index contributed by atoms with van der Waals surface area (Å²) in [6, 6.07) is 12.9. The average Bonchev–Trinajstić information content (AvgIpc) is 2.42. The second-order valence-corrected chi connectivity index (χ2v) is 4.18. The summed E-state index contributed by atoms with van der Waals surface area (Å²) in [6.07, 6.45) is 2.43. The lowest BCUT2D eigenvalue weighted by atomic mass is 10.1. The Kier molecular flexibility index (Phi) is 4.31. The maximum absolute atomic E-state index is 11.8. The van der Waals surface area contributed by atoms with Crippen molar-refractivity contribution in [1.82, 2.24) is 4.98 Å². The van der Waals surface area contributed by atoms with Gasteiger partial charge in [0.15, 0.2) is 0 Å². The van der Waals surface area contributed by atoms with Crippen molar-refractivity contribution in [2.24, 2.45) is 0 Å². The molecule has 0 bridgehead atoms. The van der Waals surface area contributed by atoms with Gasteiger partial charge >= 0.3 is 0 Å². The number of carbonyl (C=O) groups excluding carboxylic acids is 1. The van der Waals surface area contributed by atoms with Crippen molar-refractivity contribution in [3.63, 3.8) is 0 Å². The van der Waals surface area contributed by atoms with Crippen molar-refractivity contribution in [2.45, 2.75) is 6.42 Å². The van der Waals surface area contributed by atoms with Crippen LogP contribution in [0.15, 0.2) is 48.7 Å². The maximum atomic E-state index is 11.8. The van der Waals surface area contributed by atoms with E-state index in [1.807, 2.05) is 24.3 Å². The van der Waals surface area contributed by atoms with Crippen molar-refractivity contribution in [3.8, 4) is 0 Å². The predicted octanol–water partition coefficient (Wildman–Crippen LogP) is 3.12. The van der Waals surface area contributed by atoms with E-state index in [1.165, 1.54) is 0 Å². The summed E-state index contributed by atoms with van der Waals surface area (Å²) in [5.74, 6) is 0.389. The lowest BCUT2D eigenvalue weighted by molar-refractivity contribution is 0.102. The molecule has 4 heteroatoms. The smallest absolute Gasteiger partial charge is 0.274 e. The largest absolute Gasteiger partial charge is 0.321 e. The first-order valence-corrected chi connectivity index (χ1v) is 6.20. The summed E-state index contributed by atoms with van der Waals surface area (Å²) >= 11 is 5.66. The van der Waals surface area contributed by atoms with Crippen LogP contribution in [0.3, 0.4) is 0 Å². The van der Waals surface area contributed by atoms with Crippen LogP contribution in [0.4, 0.5) is 5.69 Å². The van der Waals surface area contributed by atoms with Crippen molar-refractivity contribution < 1.29 is 4.79 Å². The van der Waals surface area contributed by atoms with E-state index in [4.69, 9.17) is 11.6 Å². The standard InChI is InChI=1S/C14H13ClN2O/c15-9-8-11-4-6-12(7-5-11)17-14(18)13-3-1-2-10-16-13/h1-7,10H,8-9H2,(H,17,18). The Morgan fingerprint density at radius 1 is 1.17 bits per heavy atom. The number of nitrogens with one attached hydrogen (secondary N) is 1.